The normalized spacial score (nSPS) is 11.1. The molecule has 4 rings (SSSR count). The first-order valence-electron chi connectivity index (χ1n) is 8.25. The van der Waals surface area contributed by atoms with E-state index in [4.69, 9.17) is 11.6 Å². The van der Waals surface area contributed by atoms with E-state index in [1.54, 1.807) is 18.5 Å². The standard InChI is InChI=1S/C20H15ClN4OS/c1-9-4-5-14(26)10(2)16(9)13-7-24-20-17(12(13)6-22)18(21)19(25-20)15-8-23-11(3)27-15/h4-5,7-8,26H,1-3H3,(H,24,25). The average Bonchev–Trinajstić information content (AvgIpc) is 3.22. The van der Waals surface area contributed by atoms with Crippen LogP contribution in [-0.2, 0) is 0 Å². The van der Waals surface area contributed by atoms with Crippen LogP contribution in [0.5, 0.6) is 5.75 Å². The number of aromatic nitrogens is 3. The topological polar surface area (TPSA) is 85.6 Å². The zero-order chi connectivity index (χ0) is 19.3. The molecule has 0 aliphatic rings. The number of nitrogens with zero attached hydrogens (tertiary/aromatic N) is 3. The first-order chi connectivity index (χ1) is 12.9. The number of rotatable bonds is 2. The fourth-order valence-corrected chi connectivity index (χ4v) is 4.49. The lowest BCUT2D eigenvalue weighted by Crippen LogP contribution is -1.94. The summed E-state index contributed by atoms with van der Waals surface area (Å²) in [5, 5.41) is 22.0. The maximum absolute atomic E-state index is 10.1. The number of thiazole rings is 1. The maximum Gasteiger partial charge on any atom is 0.140 e. The largest absolute Gasteiger partial charge is 0.508 e. The van der Waals surface area contributed by atoms with Gasteiger partial charge in [-0.15, -0.1) is 11.3 Å². The molecule has 0 amide bonds. The molecule has 1 aromatic carbocycles. The van der Waals surface area contributed by atoms with Crippen LogP contribution in [0.3, 0.4) is 0 Å². The molecule has 0 atom stereocenters. The minimum Gasteiger partial charge on any atom is -0.508 e. The summed E-state index contributed by atoms with van der Waals surface area (Å²) in [6.07, 6.45) is 3.41. The van der Waals surface area contributed by atoms with Gasteiger partial charge in [-0.1, -0.05) is 17.7 Å². The number of halogens is 1. The predicted molar refractivity (Wildman–Crippen MR) is 108 cm³/mol. The van der Waals surface area contributed by atoms with Gasteiger partial charge in [-0.25, -0.2) is 9.97 Å². The van der Waals surface area contributed by atoms with Crippen molar-refractivity contribution < 1.29 is 5.11 Å². The van der Waals surface area contributed by atoms with E-state index in [-0.39, 0.29) is 5.75 Å². The average molecular weight is 395 g/mol. The molecular weight excluding hydrogens is 380 g/mol. The van der Waals surface area contributed by atoms with Crippen molar-refractivity contribution >= 4 is 34.0 Å². The molecular formula is C20H15ClN4OS. The van der Waals surface area contributed by atoms with Gasteiger partial charge in [-0.3, -0.25) is 0 Å². The highest BCUT2D eigenvalue weighted by molar-refractivity contribution is 7.15. The molecule has 3 heterocycles. The van der Waals surface area contributed by atoms with Crippen molar-refractivity contribution in [2.45, 2.75) is 20.8 Å². The van der Waals surface area contributed by atoms with Gasteiger partial charge < -0.3 is 10.1 Å². The third kappa shape index (κ3) is 2.67. The predicted octanol–water partition coefficient (Wildman–Crippen LogP) is 5.51. The minimum absolute atomic E-state index is 0.181. The highest BCUT2D eigenvalue weighted by Gasteiger charge is 2.22. The van der Waals surface area contributed by atoms with E-state index in [0.29, 0.717) is 38.4 Å². The molecule has 0 aliphatic heterocycles. The zero-order valence-corrected chi connectivity index (χ0v) is 16.5. The Hall–Kier alpha value is -2.88. The number of H-pyrrole nitrogens is 1. The van der Waals surface area contributed by atoms with Gasteiger partial charge in [0.1, 0.15) is 17.5 Å². The number of aryl methyl sites for hydroxylation is 2. The molecule has 134 valence electrons. The molecule has 7 heteroatoms. The Bertz CT molecular complexity index is 1250. The maximum atomic E-state index is 10.1. The molecule has 0 fully saturated rings. The van der Waals surface area contributed by atoms with E-state index in [1.807, 2.05) is 26.8 Å². The second-order valence-electron chi connectivity index (χ2n) is 6.34. The molecule has 5 nitrogen and oxygen atoms in total. The van der Waals surface area contributed by atoms with Crippen molar-refractivity contribution in [2.75, 3.05) is 0 Å². The fourth-order valence-electron chi connectivity index (χ4n) is 3.32. The summed E-state index contributed by atoms with van der Waals surface area (Å²) in [6, 6.07) is 5.76. The number of nitriles is 1. The second-order valence-corrected chi connectivity index (χ2v) is 7.95. The van der Waals surface area contributed by atoms with Crippen molar-refractivity contribution in [1.82, 2.24) is 15.0 Å². The zero-order valence-electron chi connectivity index (χ0n) is 14.9. The van der Waals surface area contributed by atoms with E-state index < -0.39 is 0 Å². The Morgan fingerprint density at radius 2 is 1.96 bits per heavy atom. The SMILES string of the molecule is Cc1ncc(-c2[nH]c3ncc(-c4c(C)ccc(O)c4C)c(C#N)c3c2Cl)s1. The van der Waals surface area contributed by atoms with E-state index in [1.165, 1.54) is 11.3 Å². The highest BCUT2D eigenvalue weighted by Crippen LogP contribution is 2.42. The molecule has 0 saturated heterocycles. The quantitative estimate of drug-likeness (QED) is 0.469. The van der Waals surface area contributed by atoms with Crippen LogP contribution < -0.4 is 0 Å². The van der Waals surface area contributed by atoms with E-state index in [9.17, 15) is 10.4 Å². The van der Waals surface area contributed by atoms with Crippen molar-refractivity contribution in [3.63, 3.8) is 0 Å². The van der Waals surface area contributed by atoms with Crippen LogP contribution in [0, 0.1) is 32.1 Å². The summed E-state index contributed by atoms with van der Waals surface area (Å²) < 4.78 is 0. The van der Waals surface area contributed by atoms with Gasteiger partial charge in [0.2, 0.25) is 0 Å². The summed E-state index contributed by atoms with van der Waals surface area (Å²) >= 11 is 8.18. The molecule has 27 heavy (non-hydrogen) atoms. The number of phenolic OH excluding ortho intramolecular Hbond substituents is 1. The Labute approximate surface area is 164 Å². The highest BCUT2D eigenvalue weighted by atomic mass is 35.5. The summed E-state index contributed by atoms with van der Waals surface area (Å²) in [5.41, 5.74) is 4.81. The molecule has 0 radical (unpaired) electrons. The van der Waals surface area contributed by atoms with Crippen molar-refractivity contribution in [2.24, 2.45) is 0 Å². The van der Waals surface area contributed by atoms with Gasteiger partial charge in [0.25, 0.3) is 0 Å². The van der Waals surface area contributed by atoms with E-state index in [0.717, 1.165) is 21.0 Å². The van der Waals surface area contributed by atoms with E-state index >= 15 is 0 Å². The summed E-state index contributed by atoms with van der Waals surface area (Å²) in [4.78, 5) is 12.9. The van der Waals surface area contributed by atoms with Crippen molar-refractivity contribution in [3.8, 4) is 33.5 Å². The number of hydrogen-bond donors (Lipinski definition) is 2. The molecule has 0 spiro atoms. The first-order valence-corrected chi connectivity index (χ1v) is 9.44. The smallest absolute Gasteiger partial charge is 0.140 e. The number of aromatic amines is 1. The van der Waals surface area contributed by atoms with Crippen LogP contribution in [0.2, 0.25) is 5.02 Å². The second kappa shape index (κ2) is 6.38. The Morgan fingerprint density at radius 1 is 1.19 bits per heavy atom. The Kier molecular flexibility index (Phi) is 4.14. The third-order valence-corrected chi connectivity index (χ3v) is 5.96. The molecule has 0 saturated carbocycles. The fraction of sp³-hybridized carbons (Fsp3) is 0.150. The van der Waals surface area contributed by atoms with Gasteiger partial charge in [0.15, 0.2) is 0 Å². The summed E-state index contributed by atoms with van der Waals surface area (Å²) in [5.74, 6) is 0.181. The summed E-state index contributed by atoms with van der Waals surface area (Å²) in [7, 11) is 0. The number of phenols is 1. The van der Waals surface area contributed by atoms with Gasteiger partial charge >= 0.3 is 0 Å². The Morgan fingerprint density at radius 3 is 2.63 bits per heavy atom. The molecule has 0 bridgehead atoms. The van der Waals surface area contributed by atoms with Gasteiger partial charge in [0.05, 0.1) is 31.6 Å². The molecule has 0 aliphatic carbocycles. The van der Waals surface area contributed by atoms with Gasteiger partial charge in [-0.05, 0) is 43.5 Å². The number of nitrogens with one attached hydrogen (secondary N) is 1. The lowest BCUT2D eigenvalue weighted by molar-refractivity contribution is 0.471. The van der Waals surface area contributed by atoms with Crippen molar-refractivity contribution in [3.05, 3.63) is 51.2 Å². The van der Waals surface area contributed by atoms with Gasteiger partial charge in [0, 0.05) is 18.0 Å². The molecule has 3 aromatic heterocycles. The lowest BCUT2D eigenvalue weighted by Gasteiger charge is -2.13. The van der Waals surface area contributed by atoms with Crippen LogP contribution >= 0.6 is 22.9 Å². The van der Waals surface area contributed by atoms with Crippen LogP contribution in [0.4, 0.5) is 0 Å². The van der Waals surface area contributed by atoms with Gasteiger partial charge in [-0.2, -0.15) is 5.26 Å². The van der Waals surface area contributed by atoms with Crippen LogP contribution in [0.15, 0.2) is 24.5 Å². The molecule has 0 unspecified atom stereocenters. The van der Waals surface area contributed by atoms with Crippen molar-refractivity contribution in [1.29, 1.82) is 5.26 Å². The number of fused-ring (bicyclic) bond motifs is 1. The minimum atomic E-state index is 0.181. The third-order valence-electron chi connectivity index (χ3n) is 4.65. The van der Waals surface area contributed by atoms with Crippen LogP contribution in [0.25, 0.3) is 32.7 Å². The Balaban J connectivity index is 2.05. The lowest BCUT2D eigenvalue weighted by atomic mass is 9.92. The number of benzene rings is 1. The number of hydrogen-bond acceptors (Lipinski definition) is 5. The number of aromatic hydroxyl groups is 1. The van der Waals surface area contributed by atoms with E-state index in [2.05, 4.69) is 21.0 Å². The molecule has 2 N–H and O–H groups in total. The van der Waals surface area contributed by atoms with Crippen LogP contribution in [-0.4, -0.2) is 20.1 Å². The number of pyridine rings is 1. The first kappa shape index (κ1) is 17.5. The monoisotopic (exact) mass is 394 g/mol. The molecule has 4 aromatic rings. The summed E-state index contributed by atoms with van der Waals surface area (Å²) in [6.45, 7) is 5.69. The van der Waals surface area contributed by atoms with Crippen LogP contribution in [0.1, 0.15) is 21.7 Å².